The largest absolute Gasteiger partial charge is 0.497 e. The van der Waals surface area contributed by atoms with Crippen LogP contribution < -0.4 is 15.6 Å². The summed E-state index contributed by atoms with van der Waals surface area (Å²) in [6, 6.07) is 13.8. The standard InChI is InChI=1S/C20H17ClN4O5/c1-30-15-5-2-13(3-6-15)18-8-9-19(26)24(23-18)11-10-22-20(27)16-12-14(25(28)29)4-7-17(16)21/h2-9,12H,10-11H2,1H3,(H,22,27). The fourth-order valence-corrected chi connectivity index (χ4v) is 2.90. The fourth-order valence-electron chi connectivity index (χ4n) is 2.70. The van der Waals surface area contributed by atoms with Crippen LogP contribution in [0.2, 0.25) is 5.02 Å². The number of nitrogens with one attached hydrogen (secondary N) is 1. The molecular formula is C20H17ClN4O5. The molecule has 30 heavy (non-hydrogen) atoms. The van der Waals surface area contributed by atoms with E-state index in [1.54, 1.807) is 25.3 Å². The molecule has 1 N–H and O–H groups in total. The molecule has 0 aliphatic rings. The minimum Gasteiger partial charge on any atom is -0.497 e. The molecule has 10 heteroatoms. The topological polar surface area (TPSA) is 116 Å². The first-order chi connectivity index (χ1) is 14.4. The average molecular weight is 429 g/mol. The van der Waals surface area contributed by atoms with Crippen LogP contribution in [0, 0.1) is 10.1 Å². The van der Waals surface area contributed by atoms with Crippen LogP contribution in [0.5, 0.6) is 5.75 Å². The predicted octanol–water partition coefficient (Wildman–Crippen LogP) is 2.91. The third kappa shape index (κ3) is 4.81. The van der Waals surface area contributed by atoms with E-state index in [9.17, 15) is 19.7 Å². The predicted molar refractivity (Wildman–Crippen MR) is 111 cm³/mol. The molecule has 0 aliphatic heterocycles. The van der Waals surface area contributed by atoms with Crippen molar-refractivity contribution in [3.05, 3.63) is 85.7 Å². The van der Waals surface area contributed by atoms with Crippen molar-refractivity contribution in [3.63, 3.8) is 0 Å². The van der Waals surface area contributed by atoms with Crippen molar-refractivity contribution in [2.45, 2.75) is 6.54 Å². The molecule has 1 heterocycles. The molecule has 1 amide bonds. The molecule has 0 saturated carbocycles. The van der Waals surface area contributed by atoms with E-state index in [1.165, 1.54) is 22.9 Å². The first kappa shape index (κ1) is 21.0. The molecule has 0 fully saturated rings. The van der Waals surface area contributed by atoms with E-state index in [0.29, 0.717) is 11.4 Å². The van der Waals surface area contributed by atoms with Gasteiger partial charge in [0.2, 0.25) is 0 Å². The van der Waals surface area contributed by atoms with Crippen LogP contribution in [0.1, 0.15) is 10.4 Å². The molecule has 0 bridgehead atoms. The van der Waals surface area contributed by atoms with Gasteiger partial charge in [0, 0.05) is 30.3 Å². The number of carbonyl (C=O) groups excluding carboxylic acids is 1. The number of methoxy groups -OCH3 is 1. The van der Waals surface area contributed by atoms with Gasteiger partial charge >= 0.3 is 0 Å². The lowest BCUT2D eigenvalue weighted by atomic mass is 10.1. The van der Waals surface area contributed by atoms with Crippen molar-refractivity contribution in [2.75, 3.05) is 13.7 Å². The molecule has 3 aromatic rings. The number of hydrogen-bond donors (Lipinski definition) is 1. The number of benzene rings is 2. The first-order valence-corrected chi connectivity index (χ1v) is 9.21. The Morgan fingerprint density at radius 3 is 2.60 bits per heavy atom. The van der Waals surface area contributed by atoms with Crippen LogP contribution in [-0.4, -0.2) is 34.3 Å². The number of nitro groups is 1. The van der Waals surface area contributed by atoms with Crippen LogP contribution in [0.3, 0.4) is 0 Å². The van der Waals surface area contributed by atoms with Crippen molar-refractivity contribution in [3.8, 4) is 17.0 Å². The highest BCUT2D eigenvalue weighted by molar-refractivity contribution is 6.33. The third-order valence-electron chi connectivity index (χ3n) is 4.27. The van der Waals surface area contributed by atoms with Gasteiger partial charge in [0.05, 0.1) is 34.9 Å². The molecule has 1 aromatic heterocycles. The summed E-state index contributed by atoms with van der Waals surface area (Å²) in [4.78, 5) is 34.7. The quantitative estimate of drug-likeness (QED) is 0.457. The summed E-state index contributed by atoms with van der Waals surface area (Å²) in [5.74, 6) is 0.123. The highest BCUT2D eigenvalue weighted by Crippen LogP contribution is 2.22. The average Bonchev–Trinajstić information content (AvgIpc) is 2.75. The van der Waals surface area contributed by atoms with E-state index < -0.39 is 10.8 Å². The first-order valence-electron chi connectivity index (χ1n) is 8.84. The van der Waals surface area contributed by atoms with Gasteiger partial charge < -0.3 is 10.1 Å². The summed E-state index contributed by atoms with van der Waals surface area (Å²) < 4.78 is 6.36. The van der Waals surface area contributed by atoms with Gasteiger partial charge in [0.1, 0.15) is 5.75 Å². The molecule has 0 radical (unpaired) electrons. The van der Waals surface area contributed by atoms with Crippen molar-refractivity contribution >= 4 is 23.2 Å². The van der Waals surface area contributed by atoms with Gasteiger partial charge in [-0.3, -0.25) is 19.7 Å². The zero-order chi connectivity index (χ0) is 21.7. The molecular weight excluding hydrogens is 412 g/mol. The van der Waals surface area contributed by atoms with Crippen LogP contribution in [0.15, 0.2) is 59.4 Å². The summed E-state index contributed by atoms with van der Waals surface area (Å²) in [6.45, 7) is 0.192. The summed E-state index contributed by atoms with van der Waals surface area (Å²) in [7, 11) is 1.57. The number of non-ortho nitro benzene ring substituents is 1. The molecule has 0 aliphatic carbocycles. The maximum atomic E-state index is 12.3. The van der Waals surface area contributed by atoms with Crippen LogP contribution in [0.4, 0.5) is 5.69 Å². The monoisotopic (exact) mass is 428 g/mol. The Bertz CT molecular complexity index is 1140. The zero-order valence-electron chi connectivity index (χ0n) is 15.9. The van der Waals surface area contributed by atoms with Crippen LogP contribution >= 0.6 is 11.6 Å². The lowest BCUT2D eigenvalue weighted by Crippen LogP contribution is -2.32. The van der Waals surface area contributed by atoms with Crippen LogP contribution in [-0.2, 0) is 6.54 Å². The lowest BCUT2D eigenvalue weighted by molar-refractivity contribution is -0.384. The van der Waals surface area contributed by atoms with Gasteiger partial charge in [-0.25, -0.2) is 4.68 Å². The summed E-state index contributed by atoms with van der Waals surface area (Å²) in [6.07, 6.45) is 0. The van der Waals surface area contributed by atoms with Crippen molar-refractivity contribution in [1.82, 2.24) is 15.1 Å². The van der Waals surface area contributed by atoms with E-state index >= 15 is 0 Å². The van der Waals surface area contributed by atoms with E-state index in [4.69, 9.17) is 16.3 Å². The Hall–Kier alpha value is -3.72. The smallest absolute Gasteiger partial charge is 0.270 e. The molecule has 2 aromatic carbocycles. The number of nitrogens with zero attached hydrogens (tertiary/aromatic N) is 3. The Balaban J connectivity index is 1.70. The van der Waals surface area contributed by atoms with Crippen LogP contribution in [0.25, 0.3) is 11.3 Å². The number of rotatable bonds is 7. The van der Waals surface area contributed by atoms with Gasteiger partial charge in [0.15, 0.2) is 0 Å². The fraction of sp³-hybridized carbons (Fsp3) is 0.150. The second kappa shape index (κ2) is 9.19. The normalized spacial score (nSPS) is 10.5. The van der Waals surface area contributed by atoms with Gasteiger partial charge in [-0.1, -0.05) is 11.6 Å². The second-order valence-corrected chi connectivity index (χ2v) is 6.59. The number of nitro benzene ring substituents is 1. The molecule has 0 atom stereocenters. The van der Waals surface area contributed by atoms with Crippen molar-refractivity contribution < 1.29 is 14.5 Å². The van der Waals surface area contributed by atoms with E-state index in [2.05, 4.69) is 10.4 Å². The Morgan fingerprint density at radius 1 is 1.20 bits per heavy atom. The highest BCUT2D eigenvalue weighted by atomic mass is 35.5. The van der Waals surface area contributed by atoms with Crippen molar-refractivity contribution in [1.29, 1.82) is 0 Å². The molecule has 0 saturated heterocycles. The third-order valence-corrected chi connectivity index (χ3v) is 4.60. The SMILES string of the molecule is COc1ccc(-c2ccc(=O)n(CCNC(=O)c3cc([N+](=O)[O-])ccc3Cl)n2)cc1. The number of amides is 1. The highest BCUT2D eigenvalue weighted by Gasteiger charge is 2.15. The molecule has 0 spiro atoms. The van der Waals surface area contributed by atoms with E-state index in [1.807, 2.05) is 12.1 Å². The Labute approximate surface area is 176 Å². The van der Waals surface area contributed by atoms with Gasteiger partial charge in [-0.05, 0) is 36.4 Å². The van der Waals surface area contributed by atoms with E-state index in [-0.39, 0.29) is 34.9 Å². The lowest BCUT2D eigenvalue weighted by Gasteiger charge is -2.09. The maximum Gasteiger partial charge on any atom is 0.270 e. The zero-order valence-corrected chi connectivity index (χ0v) is 16.6. The minimum atomic E-state index is -0.610. The summed E-state index contributed by atoms with van der Waals surface area (Å²) in [5, 5.41) is 17.9. The number of aromatic nitrogens is 2. The number of halogens is 1. The molecule has 0 unspecified atom stereocenters. The van der Waals surface area contributed by atoms with Gasteiger partial charge in [0.25, 0.3) is 17.2 Å². The van der Waals surface area contributed by atoms with E-state index in [0.717, 1.165) is 11.6 Å². The number of hydrogen-bond acceptors (Lipinski definition) is 6. The van der Waals surface area contributed by atoms with Crippen molar-refractivity contribution in [2.24, 2.45) is 0 Å². The second-order valence-electron chi connectivity index (χ2n) is 6.19. The Kier molecular flexibility index (Phi) is 6.43. The maximum absolute atomic E-state index is 12.3. The minimum absolute atomic E-state index is 0.0156. The molecule has 3 rings (SSSR count). The number of ether oxygens (including phenoxy) is 1. The van der Waals surface area contributed by atoms with Gasteiger partial charge in [-0.15, -0.1) is 0 Å². The summed E-state index contributed by atoms with van der Waals surface area (Å²) >= 11 is 5.97. The molecule has 154 valence electrons. The summed E-state index contributed by atoms with van der Waals surface area (Å²) in [5.41, 5.74) is 0.810. The number of carbonyl (C=O) groups is 1. The Morgan fingerprint density at radius 2 is 1.93 bits per heavy atom. The van der Waals surface area contributed by atoms with Gasteiger partial charge in [-0.2, -0.15) is 5.10 Å². The molecule has 9 nitrogen and oxygen atoms in total.